The van der Waals surface area contributed by atoms with Gasteiger partial charge in [-0.1, -0.05) is 12.1 Å². The van der Waals surface area contributed by atoms with Gasteiger partial charge < -0.3 is 16.0 Å². The standard InChI is InChI=1S/C14H19N3O2.ClH/c1-2-16-13(18)11-5-3-10(4-6-11)7-17-14(19)12-8-15-9-12;/h3-6,12,15H,2,7-9H2,1H3,(H,16,18)(H,17,19);1H. The Morgan fingerprint density at radius 3 is 2.35 bits per heavy atom. The Hall–Kier alpha value is -1.59. The van der Waals surface area contributed by atoms with Crippen LogP contribution in [0.2, 0.25) is 0 Å². The maximum absolute atomic E-state index is 11.6. The molecule has 2 rings (SSSR count). The van der Waals surface area contributed by atoms with E-state index >= 15 is 0 Å². The first kappa shape index (κ1) is 16.5. The Kier molecular flexibility index (Phi) is 6.48. The van der Waals surface area contributed by atoms with Crippen LogP contribution in [0.1, 0.15) is 22.8 Å². The first-order chi connectivity index (χ1) is 9.20. The van der Waals surface area contributed by atoms with E-state index in [0.717, 1.165) is 18.7 Å². The molecule has 0 radical (unpaired) electrons. The molecular formula is C14H20ClN3O2. The van der Waals surface area contributed by atoms with Gasteiger partial charge in [0.15, 0.2) is 0 Å². The molecule has 1 aromatic carbocycles. The lowest BCUT2D eigenvalue weighted by Crippen LogP contribution is -2.50. The quantitative estimate of drug-likeness (QED) is 0.749. The Morgan fingerprint density at radius 2 is 1.85 bits per heavy atom. The maximum atomic E-state index is 11.6. The molecule has 0 saturated carbocycles. The lowest BCUT2D eigenvalue weighted by Gasteiger charge is -2.25. The summed E-state index contributed by atoms with van der Waals surface area (Å²) in [5.41, 5.74) is 1.63. The number of hydrogen-bond donors (Lipinski definition) is 3. The van der Waals surface area contributed by atoms with Crippen molar-refractivity contribution in [2.24, 2.45) is 5.92 Å². The second-order valence-corrected chi connectivity index (χ2v) is 4.63. The van der Waals surface area contributed by atoms with Gasteiger partial charge in [-0.15, -0.1) is 12.4 Å². The second-order valence-electron chi connectivity index (χ2n) is 4.63. The average molecular weight is 298 g/mol. The molecule has 0 aromatic heterocycles. The van der Waals surface area contributed by atoms with Crippen molar-refractivity contribution >= 4 is 24.2 Å². The molecule has 1 aliphatic heterocycles. The van der Waals surface area contributed by atoms with E-state index in [2.05, 4.69) is 16.0 Å². The number of halogens is 1. The molecule has 20 heavy (non-hydrogen) atoms. The van der Waals surface area contributed by atoms with Crippen molar-refractivity contribution in [2.45, 2.75) is 13.5 Å². The summed E-state index contributed by atoms with van der Waals surface area (Å²) in [6.45, 7) is 4.54. The molecule has 1 heterocycles. The summed E-state index contributed by atoms with van der Waals surface area (Å²) in [4.78, 5) is 23.2. The van der Waals surface area contributed by atoms with Gasteiger partial charge in [0.1, 0.15) is 0 Å². The van der Waals surface area contributed by atoms with E-state index < -0.39 is 0 Å². The van der Waals surface area contributed by atoms with E-state index in [1.165, 1.54) is 0 Å². The monoisotopic (exact) mass is 297 g/mol. The van der Waals surface area contributed by atoms with E-state index in [0.29, 0.717) is 18.7 Å². The van der Waals surface area contributed by atoms with Crippen molar-refractivity contribution in [3.8, 4) is 0 Å². The molecule has 0 atom stereocenters. The molecule has 0 unspecified atom stereocenters. The van der Waals surface area contributed by atoms with Crippen molar-refractivity contribution in [1.29, 1.82) is 0 Å². The third-order valence-electron chi connectivity index (χ3n) is 3.17. The number of carbonyl (C=O) groups excluding carboxylic acids is 2. The van der Waals surface area contributed by atoms with Crippen LogP contribution in [0.4, 0.5) is 0 Å². The molecule has 2 amide bonds. The fraction of sp³-hybridized carbons (Fsp3) is 0.429. The summed E-state index contributed by atoms with van der Waals surface area (Å²) in [6, 6.07) is 7.28. The van der Waals surface area contributed by atoms with Crippen LogP contribution >= 0.6 is 12.4 Å². The predicted molar refractivity (Wildman–Crippen MR) is 79.9 cm³/mol. The van der Waals surface area contributed by atoms with Crippen LogP contribution in [-0.4, -0.2) is 31.4 Å². The summed E-state index contributed by atoms with van der Waals surface area (Å²) in [5.74, 6) is 0.125. The summed E-state index contributed by atoms with van der Waals surface area (Å²) in [7, 11) is 0. The van der Waals surface area contributed by atoms with Crippen LogP contribution < -0.4 is 16.0 Å². The van der Waals surface area contributed by atoms with Crippen LogP contribution in [0.3, 0.4) is 0 Å². The predicted octanol–water partition coefficient (Wildman–Crippen LogP) is 0.694. The molecule has 1 saturated heterocycles. The third-order valence-corrected chi connectivity index (χ3v) is 3.17. The van der Waals surface area contributed by atoms with Crippen molar-refractivity contribution < 1.29 is 9.59 Å². The molecule has 1 fully saturated rings. The highest BCUT2D eigenvalue weighted by molar-refractivity contribution is 5.94. The van der Waals surface area contributed by atoms with Crippen LogP contribution in [0.25, 0.3) is 0 Å². The minimum Gasteiger partial charge on any atom is -0.352 e. The van der Waals surface area contributed by atoms with E-state index in [1.54, 1.807) is 12.1 Å². The molecule has 0 bridgehead atoms. The maximum Gasteiger partial charge on any atom is 0.251 e. The molecule has 110 valence electrons. The van der Waals surface area contributed by atoms with E-state index in [1.807, 2.05) is 19.1 Å². The third kappa shape index (κ3) is 4.21. The largest absolute Gasteiger partial charge is 0.352 e. The molecule has 1 aromatic rings. The Morgan fingerprint density at radius 1 is 1.20 bits per heavy atom. The first-order valence-electron chi connectivity index (χ1n) is 6.56. The summed E-state index contributed by atoms with van der Waals surface area (Å²) in [6.07, 6.45) is 0. The lowest BCUT2D eigenvalue weighted by molar-refractivity contribution is -0.126. The van der Waals surface area contributed by atoms with Crippen molar-refractivity contribution in [3.63, 3.8) is 0 Å². The summed E-state index contributed by atoms with van der Waals surface area (Å²) >= 11 is 0. The molecular weight excluding hydrogens is 278 g/mol. The number of benzene rings is 1. The average Bonchev–Trinajstić information content (AvgIpc) is 2.35. The highest BCUT2D eigenvalue weighted by atomic mass is 35.5. The van der Waals surface area contributed by atoms with Crippen molar-refractivity contribution in [2.75, 3.05) is 19.6 Å². The van der Waals surface area contributed by atoms with Crippen LogP contribution in [0.15, 0.2) is 24.3 Å². The molecule has 0 aliphatic carbocycles. The zero-order chi connectivity index (χ0) is 13.7. The van der Waals surface area contributed by atoms with Crippen LogP contribution in [0.5, 0.6) is 0 Å². The van der Waals surface area contributed by atoms with Crippen molar-refractivity contribution in [3.05, 3.63) is 35.4 Å². The molecule has 6 heteroatoms. The van der Waals surface area contributed by atoms with E-state index in [4.69, 9.17) is 0 Å². The Labute approximate surface area is 124 Å². The minimum atomic E-state index is -0.0707. The molecule has 5 nitrogen and oxygen atoms in total. The topological polar surface area (TPSA) is 70.2 Å². The van der Waals surface area contributed by atoms with Gasteiger partial charge in [-0.05, 0) is 24.6 Å². The van der Waals surface area contributed by atoms with Gasteiger partial charge in [-0.2, -0.15) is 0 Å². The van der Waals surface area contributed by atoms with E-state index in [-0.39, 0.29) is 30.1 Å². The van der Waals surface area contributed by atoms with Crippen LogP contribution in [0, 0.1) is 5.92 Å². The number of nitrogens with one attached hydrogen (secondary N) is 3. The minimum absolute atomic E-state index is 0. The Balaban J connectivity index is 0.00000200. The molecule has 1 aliphatic rings. The van der Waals surface area contributed by atoms with Gasteiger partial charge in [-0.25, -0.2) is 0 Å². The summed E-state index contributed by atoms with van der Waals surface area (Å²) in [5, 5.41) is 8.71. The fourth-order valence-electron chi connectivity index (χ4n) is 1.84. The van der Waals surface area contributed by atoms with Gasteiger partial charge in [0.2, 0.25) is 5.91 Å². The summed E-state index contributed by atoms with van der Waals surface area (Å²) < 4.78 is 0. The highest BCUT2D eigenvalue weighted by Gasteiger charge is 2.24. The van der Waals surface area contributed by atoms with Gasteiger partial charge >= 0.3 is 0 Å². The van der Waals surface area contributed by atoms with Gasteiger partial charge in [0.05, 0.1) is 5.92 Å². The number of hydrogen-bond acceptors (Lipinski definition) is 3. The van der Waals surface area contributed by atoms with Crippen molar-refractivity contribution in [1.82, 2.24) is 16.0 Å². The SMILES string of the molecule is CCNC(=O)c1ccc(CNC(=O)C2CNC2)cc1.Cl. The first-order valence-corrected chi connectivity index (χ1v) is 6.56. The van der Waals surface area contributed by atoms with Gasteiger partial charge in [0.25, 0.3) is 5.91 Å². The zero-order valence-corrected chi connectivity index (χ0v) is 12.3. The zero-order valence-electron chi connectivity index (χ0n) is 11.4. The Bertz CT molecular complexity index is 458. The lowest BCUT2D eigenvalue weighted by atomic mass is 10.0. The number of carbonyl (C=O) groups is 2. The van der Waals surface area contributed by atoms with E-state index in [9.17, 15) is 9.59 Å². The van der Waals surface area contributed by atoms with Gasteiger partial charge in [0, 0.05) is 31.7 Å². The van der Waals surface area contributed by atoms with Gasteiger partial charge in [-0.3, -0.25) is 9.59 Å². The normalized spacial score (nSPS) is 13.8. The smallest absolute Gasteiger partial charge is 0.251 e. The van der Waals surface area contributed by atoms with Crippen LogP contribution in [-0.2, 0) is 11.3 Å². The molecule has 3 N–H and O–H groups in total. The number of rotatable bonds is 5. The molecule has 0 spiro atoms. The highest BCUT2D eigenvalue weighted by Crippen LogP contribution is 2.06. The number of amides is 2. The fourth-order valence-corrected chi connectivity index (χ4v) is 1.84. The second kappa shape index (κ2) is 7.87.